The van der Waals surface area contributed by atoms with Gasteiger partial charge >= 0.3 is 0 Å². The number of phenolic OH excluding ortho intramolecular Hbond substituents is 3. The van der Waals surface area contributed by atoms with E-state index in [2.05, 4.69) is 0 Å². The van der Waals surface area contributed by atoms with E-state index in [0.717, 1.165) is 0 Å². The molecular weight excluding hydrogens is 292 g/mol. The summed E-state index contributed by atoms with van der Waals surface area (Å²) in [5.41, 5.74) is -0.475. The van der Waals surface area contributed by atoms with Crippen LogP contribution in [0.5, 0.6) is 28.7 Å². The first-order valence-corrected chi connectivity index (χ1v) is 6.25. The average Bonchev–Trinajstić information content (AvgIpc) is 2.48. The second kappa shape index (κ2) is 4.73. The number of rotatable bonds is 2. The molecule has 7 heteroatoms. The van der Waals surface area contributed by atoms with Crippen molar-refractivity contribution in [2.45, 2.75) is 0 Å². The fourth-order valence-corrected chi connectivity index (χ4v) is 2.42. The van der Waals surface area contributed by atoms with Crippen LogP contribution in [0.3, 0.4) is 0 Å². The van der Waals surface area contributed by atoms with Crippen molar-refractivity contribution in [3.63, 3.8) is 0 Å². The van der Waals surface area contributed by atoms with Crippen molar-refractivity contribution < 1.29 is 29.2 Å². The second-order valence-corrected chi connectivity index (χ2v) is 4.57. The quantitative estimate of drug-likeness (QED) is 0.622. The van der Waals surface area contributed by atoms with E-state index in [9.17, 15) is 20.1 Å². The van der Waals surface area contributed by atoms with E-state index in [0.29, 0.717) is 0 Å². The third-order valence-electron chi connectivity index (χ3n) is 3.38. The predicted octanol–water partition coefficient (Wildman–Crippen LogP) is 2.08. The lowest BCUT2D eigenvalue weighted by molar-refractivity contribution is 0.346. The minimum Gasteiger partial charge on any atom is -0.504 e. The van der Waals surface area contributed by atoms with Gasteiger partial charge in [0.05, 0.1) is 14.2 Å². The van der Waals surface area contributed by atoms with Crippen LogP contribution >= 0.6 is 0 Å². The summed E-state index contributed by atoms with van der Waals surface area (Å²) in [5, 5.41) is 29.5. The van der Waals surface area contributed by atoms with Crippen LogP contribution in [0.2, 0.25) is 0 Å². The third kappa shape index (κ3) is 1.72. The first-order chi connectivity index (χ1) is 10.5. The maximum absolute atomic E-state index is 12.7. The molecule has 0 bridgehead atoms. The van der Waals surface area contributed by atoms with Gasteiger partial charge in [-0.15, -0.1) is 0 Å². The molecule has 0 radical (unpaired) electrons. The van der Waals surface area contributed by atoms with E-state index < -0.39 is 11.2 Å². The second-order valence-electron chi connectivity index (χ2n) is 4.57. The molecule has 1 aromatic heterocycles. The summed E-state index contributed by atoms with van der Waals surface area (Å²) in [6, 6.07) is 3.89. The molecule has 0 unspecified atom stereocenters. The number of aromatic hydroxyl groups is 3. The summed E-state index contributed by atoms with van der Waals surface area (Å²) in [6.07, 6.45) is 0. The van der Waals surface area contributed by atoms with Crippen LogP contribution in [0, 0.1) is 0 Å². The van der Waals surface area contributed by atoms with Gasteiger partial charge in [0.2, 0.25) is 11.2 Å². The highest BCUT2D eigenvalue weighted by Crippen LogP contribution is 2.42. The molecule has 0 aliphatic rings. The van der Waals surface area contributed by atoms with Crippen molar-refractivity contribution in [3.05, 3.63) is 28.4 Å². The Morgan fingerprint density at radius 3 is 2.23 bits per heavy atom. The van der Waals surface area contributed by atoms with E-state index in [1.165, 1.54) is 32.4 Å². The van der Waals surface area contributed by atoms with Crippen molar-refractivity contribution in [3.8, 4) is 28.7 Å². The van der Waals surface area contributed by atoms with Crippen molar-refractivity contribution in [1.29, 1.82) is 0 Å². The van der Waals surface area contributed by atoms with E-state index in [-0.39, 0.29) is 44.9 Å². The summed E-state index contributed by atoms with van der Waals surface area (Å²) in [5.74, 6) is -1.43. The zero-order valence-electron chi connectivity index (χ0n) is 11.7. The molecule has 1 heterocycles. The summed E-state index contributed by atoms with van der Waals surface area (Å²) in [4.78, 5) is 12.7. The van der Waals surface area contributed by atoms with Gasteiger partial charge in [-0.25, -0.2) is 0 Å². The van der Waals surface area contributed by atoms with Gasteiger partial charge in [-0.05, 0) is 12.1 Å². The Morgan fingerprint density at radius 2 is 1.59 bits per heavy atom. The molecule has 3 rings (SSSR count). The zero-order chi connectivity index (χ0) is 16.0. The number of fused-ring (bicyclic) bond motifs is 2. The molecule has 0 aliphatic heterocycles. The molecule has 0 atom stereocenters. The number of ether oxygens (including phenoxy) is 2. The smallest absolute Gasteiger partial charge is 0.208 e. The molecule has 0 saturated carbocycles. The normalized spacial score (nSPS) is 11.0. The van der Waals surface area contributed by atoms with E-state index in [1.807, 2.05) is 0 Å². The number of benzene rings is 2. The maximum Gasteiger partial charge on any atom is 0.208 e. The van der Waals surface area contributed by atoms with Gasteiger partial charge in [0.1, 0.15) is 21.9 Å². The Kier molecular flexibility index (Phi) is 2.98. The summed E-state index contributed by atoms with van der Waals surface area (Å²) >= 11 is 0. The van der Waals surface area contributed by atoms with Crippen molar-refractivity contribution in [2.75, 3.05) is 14.2 Å². The van der Waals surface area contributed by atoms with Crippen molar-refractivity contribution in [2.24, 2.45) is 0 Å². The monoisotopic (exact) mass is 304 g/mol. The molecule has 0 aliphatic carbocycles. The first kappa shape index (κ1) is 13.9. The number of hydrogen-bond donors (Lipinski definition) is 3. The predicted molar refractivity (Wildman–Crippen MR) is 78.1 cm³/mol. The fourth-order valence-electron chi connectivity index (χ4n) is 2.42. The SMILES string of the molecule is COc1c(O)cc2oc3ccc(O)c(OC)c3c(=O)c2c1O. The topological polar surface area (TPSA) is 109 Å². The molecule has 0 spiro atoms. The molecule has 114 valence electrons. The molecule has 2 aromatic carbocycles. The minimum atomic E-state index is -0.611. The molecular formula is C15H12O7. The molecule has 0 fully saturated rings. The molecule has 0 amide bonds. The Labute approximate surface area is 123 Å². The Hall–Kier alpha value is -3.09. The van der Waals surface area contributed by atoms with Crippen LogP contribution in [0.15, 0.2) is 27.4 Å². The van der Waals surface area contributed by atoms with Gasteiger partial charge in [-0.3, -0.25) is 4.79 Å². The van der Waals surface area contributed by atoms with Crippen LogP contribution < -0.4 is 14.9 Å². The van der Waals surface area contributed by atoms with Gasteiger partial charge in [0, 0.05) is 6.07 Å². The highest BCUT2D eigenvalue weighted by atomic mass is 16.5. The van der Waals surface area contributed by atoms with Crippen LogP contribution in [-0.2, 0) is 0 Å². The van der Waals surface area contributed by atoms with Gasteiger partial charge in [0.25, 0.3) is 0 Å². The lowest BCUT2D eigenvalue weighted by atomic mass is 10.1. The minimum absolute atomic E-state index is 0.0129. The molecule has 0 saturated heterocycles. The van der Waals surface area contributed by atoms with E-state index in [1.54, 1.807) is 0 Å². The lowest BCUT2D eigenvalue weighted by Gasteiger charge is -2.11. The van der Waals surface area contributed by atoms with Gasteiger partial charge in [0.15, 0.2) is 23.0 Å². The summed E-state index contributed by atoms with van der Waals surface area (Å²) in [6.45, 7) is 0. The highest BCUT2D eigenvalue weighted by molar-refractivity contribution is 5.98. The largest absolute Gasteiger partial charge is 0.504 e. The molecule has 3 N–H and O–H groups in total. The molecule has 3 aromatic rings. The standard InChI is InChI=1S/C15H12O7/c1-20-14-6(16)3-4-8-11(14)12(18)10-9(22-8)5-7(17)15(21-2)13(10)19/h3-5,16-17,19H,1-2H3. The first-order valence-electron chi connectivity index (χ1n) is 6.25. The Bertz CT molecular complexity index is 956. The summed E-state index contributed by atoms with van der Waals surface area (Å²) in [7, 11) is 2.55. The maximum atomic E-state index is 12.7. The van der Waals surface area contributed by atoms with Crippen LogP contribution in [0.25, 0.3) is 21.9 Å². The Morgan fingerprint density at radius 1 is 0.909 bits per heavy atom. The van der Waals surface area contributed by atoms with Crippen molar-refractivity contribution >= 4 is 21.9 Å². The molecule has 7 nitrogen and oxygen atoms in total. The average molecular weight is 304 g/mol. The van der Waals surface area contributed by atoms with Gasteiger partial charge in [-0.2, -0.15) is 0 Å². The number of phenols is 3. The number of methoxy groups -OCH3 is 2. The van der Waals surface area contributed by atoms with Gasteiger partial charge in [-0.1, -0.05) is 0 Å². The molecule has 22 heavy (non-hydrogen) atoms. The highest BCUT2D eigenvalue weighted by Gasteiger charge is 2.22. The lowest BCUT2D eigenvalue weighted by Crippen LogP contribution is -2.05. The third-order valence-corrected chi connectivity index (χ3v) is 3.38. The number of hydrogen-bond acceptors (Lipinski definition) is 7. The fraction of sp³-hybridized carbons (Fsp3) is 0.133. The zero-order valence-corrected chi connectivity index (χ0v) is 11.7. The van der Waals surface area contributed by atoms with Gasteiger partial charge < -0.3 is 29.2 Å². The Balaban J connectivity index is 2.60. The summed E-state index contributed by atoms with van der Waals surface area (Å²) < 4.78 is 15.4. The van der Waals surface area contributed by atoms with Crippen LogP contribution in [0.1, 0.15) is 0 Å². The van der Waals surface area contributed by atoms with E-state index >= 15 is 0 Å². The van der Waals surface area contributed by atoms with Crippen LogP contribution in [0.4, 0.5) is 0 Å². The van der Waals surface area contributed by atoms with Crippen molar-refractivity contribution in [1.82, 2.24) is 0 Å². The van der Waals surface area contributed by atoms with Crippen LogP contribution in [-0.4, -0.2) is 29.5 Å². The van der Waals surface area contributed by atoms with E-state index in [4.69, 9.17) is 13.9 Å².